The fourth-order valence-electron chi connectivity index (χ4n) is 3.63. The number of anilines is 1. The number of hydrogen-bond donors (Lipinski definition) is 2. The monoisotopic (exact) mass is 516 g/mol. The molecule has 0 radical (unpaired) electrons. The molecule has 3 aromatic rings. The summed E-state index contributed by atoms with van der Waals surface area (Å²) in [6.45, 7) is 4.90. The maximum Gasteiger partial charge on any atom is 0.191 e. The van der Waals surface area contributed by atoms with E-state index in [2.05, 4.69) is 81.1 Å². The van der Waals surface area contributed by atoms with E-state index in [0.717, 1.165) is 37.7 Å². The van der Waals surface area contributed by atoms with Crippen LogP contribution >= 0.6 is 24.0 Å². The van der Waals surface area contributed by atoms with Gasteiger partial charge in [-0.15, -0.1) is 24.0 Å². The van der Waals surface area contributed by atoms with E-state index < -0.39 is 0 Å². The Bertz CT molecular complexity index is 935. The van der Waals surface area contributed by atoms with E-state index in [4.69, 9.17) is 0 Å². The van der Waals surface area contributed by atoms with Crippen molar-refractivity contribution < 1.29 is 0 Å². The molecule has 4 rings (SSSR count). The summed E-state index contributed by atoms with van der Waals surface area (Å²) in [5.41, 5.74) is 4.85. The number of nitrogens with one attached hydrogen (secondary N) is 2. The summed E-state index contributed by atoms with van der Waals surface area (Å²) in [6.07, 6.45) is 4.84. The third kappa shape index (κ3) is 5.53. The van der Waals surface area contributed by atoms with Crippen LogP contribution < -0.4 is 15.5 Å². The van der Waals surface area contributed by atoms with Crippen LogP contribution in [0.2, 0.25) is 0 Å². The number of hydrogen-bond acceptors (Lipinski definition) is 3. The molecule has 2 aromatic carbocycles. The lowest BCUT2D eigenvalue weighted by molar-refractivity contribution is 0.648. The summed E-state index contributed by atoms with van der Waals surface area (Å²) in [5.74, 6) is 0.844. The predicted octanol–water partition coefficient (Wildman–Crippen LogP) is 3.74. The Morgan fingerprint density at radius 3 is 2.50 bits per heavy atom. The molecule has 0 spiro atoms. The highest BCUT2D eigenvalue weighted by Gasteiger charge is 2.23. The Kier molecular flexibility index (Phi) is 7.73. The Balaban J connectivity index is 0.00000256. The van der Waals surface area contributed by atoms with Gasteiger partial charge in [0.25, 0.3) is 0 Å². The fourth-order valence-corrected chi connectivity index (χ4v) is 3.63. The fraction of sp³-hybridized carbons (Fsp3) is 0.304. The minimum absolute atomic E-state index is 0. The number of benzene rings is 2. The Hall–Kier alpha value is -2.55. The van der Waals surface area contributed by atoms with Crippen LogP contribution in [0.1, 0.15) is 17.5 Å². The molecule has 2 N–H and O–H groups in total. The normalized spacial score (nSPS) is 16.3. The molecule has 1 aliphatic rings. The van der Waals surface area contributed by atoms with Crippen LogP contribution in [0.25, 0.3) is 5.69 Å². The van der Waals surface area contributed by atoms with Gasteiger partial charge in [-0.25, -0.2) is 4.68 Å². The predicted molar refractivity (Wildman–Crippen MR) is 134 cm³/mol. The van der Waals surface area contributed by atoms with Crippen LogP contribution in [-0.4, -0.2) is 41.9 Å². The van der Waals surface area contributed by atoms with Gasteiger partial charge in [0, 0.05) is 50.8 Å². The van der Waals surface area contributed by atoms with Gasteiger partial charge in [-0.1, -0.05) is 29.8 Å². The summed E-state index contributed by atoms with van der Waals surface area (Å²) in [4.78, 5) is 6.82. The molecule has 1 atom stereocenters. The summed E-state index contributed by atoms with van der Waals surface area (Å²) >= 11 is 0. The zero-order valence-electron chi connectivity index (χ0n) is 17.5. The molecule has 1 unspecified atom stereocenters. The number of aryl methyl sites for hydroxylation is 1. The molecular formula is C23H29IN6. The molecule has 7 heteroatoms. The van der Waals surface area contributed by atoms with E-state index in [9.17, 15) is 0 Å². The van der Waals surface area contributed by atoms with E-state index in [1.54, 1.807) is 6.20 Å². The molecule has 1 fully saturated rings. The van der Waals surface area contributed by atoms with E-state index >= 15 is 0 Å². The summed E-state index contributed by atoms with van der Waals surface area (Å²) < 4.78 is 1.86. The van der Waals surface area contributed by atoms with Crippen molar-refractivity contribution in [3.8, 4) is 5.69 Å². The minimum Gasteiger partial charge on any atom is -0.369 e. The average molecular weight is 516 g/mol. The van der Waals surface area contributed by atoms with Gasteiger partial charge in [0.2, 0.25) is 0 Å². The lowest BCUT2D eigenvalue weighted by Crippen LogP contribution is -2.44. The standard InChI is InChI=1S/C23H28N6.HI/c1-18-4-8-21(9-5-18)28-15-12-20(17-28)27-23(24-2)25-16-19-6-10-22(11-7-19)29-14-3-13-26-29;/h3-11,13-14,20H,12,15-17H2,1-2H3,(H2,24,25,27);1H. The first-order chi connectivity index (χ1) is 14.2. The van der Waals surface area contributed by atoms with Crippen LogP contribution in [0.15, 0.2) is 72.0 Å². The van der Waals surface area contributed by atoms with Crippen LogP contribution in [0.5, 0.6) is 0 Å². The third-order valence-electron chi connectivity index (χ3n) is 5.32. The van der Waals surface area contributed by atoms with Crippen molar-refractivity contribution in [3.05, 3.63) is 78.1 Å². The van der Waals surface area contributed by atoms with Gasteiger partial charge in [-0.3, -0.25) is 4.99 Å². The van der Waals surface area contributed by atoms with Crippen molar-refractivity contribution >= 4 is 35.6 Å². The van der Waals surface area contributed by atoms with Gasteiger partial charge in [-0.05, 0) is 49.2 Å². The van der Waals surface area contributed by atoms with Crippen LogP contribution in [-0.2, 0) is 6.54 Å². The van der Waals surface area contributed by atoms with Gasteiger partial charge < -0.3 is 15.5 Å². The lowest BCUT2D eigenvalue weighted by Gasteiger charge is -2.20. The number of aromatic nitrogens is 2. The van der Waals surface area contributed by atoms with Crippen molar-refractivity contribution in [2.45, 2.75) is 25.9 Å². The second-order valence-corrected chi connectivity index (χ2v) is 7.45. The van der Waals surface area contributed by atoms with Crippen molar-refractivity contribution in [1.29, 1.82) is 0 Å². The van der Waals surface area contributed by atoms with Gasteiger partial charge in [0.15, 0.2) is 5.96 Å². The molecule has 1 saturated heterocycles. The van der Waals surface area contributed by atoms with Crippen molar-refractivity contribution in [1.82, 2.24) is 20.4 Å². The number of halogens is 1. The second kappa shape index (κ2) is 10.5. The number of nitrogens with zero attached hydrogens (tertiary/aromatic N) is 4. The maximum atomic E-state index is 4.40. The SMILES string of the molecule is CN=C(NCc1ccc(-n2cccn2)cc1)NC1CCN(c2ccc(C)cc2)C1.I. The Morgan fingerprint density at radius 2 is 1.83 bits per heavy atom. The largest absolute Gasteiger partial charge is 0.369 e. The van der Waals surface area contributed by atoms with Crippen LogP contribution in [0, 0.1) is 6.92 Å². The molecule has 0 bridgehead atoms. The first-order valence-corrected chi connectivity index (χ1v) is 10.1. The first kappa shape index (κ1) is 22.1. The molecule has 0 amide bonds. The quantitative estimate of drug-likeness (QED) is 0.308. The molecule has 6 nitrogen and oxygen atoms in total. The number of rotatable bonds is 5. The van der Waals surface area contributed by atoms with E-state index in [0.29, 0.717) is 6.04 Å². The topological polar surface area (TPSA) is 57.5 Å². The summed E-state index contributed by atoms with van der Waals surface area (Å²) in [7, 11) is 1.82. The molecular weight excluding hydrogens is 487 g/mol. The first-order valence-electron chi connectivity index (χ1n) is 10.1. The van der Waals surface area contributed by atoms with E-state index in [1.807, 2.05) is 24.0 Å². The van der Waals surface area contributed by atoms with Crippen LogP contribution in [0.4, 0.5) is 5.69 Å². The van der Waals surface area contributed by atoms with Crippen molar-refractivity contribution in [3.63, 3.8) is 0 Å². The van der Waals surface area contributed by atoms with Crippen molar-refractivity contribution in [2.24, 2.45) is 4.99 Å². The minimum atomic E-state index is 0. The van der Waals surface area contributed by atoms with Gasteiger partial charge in [0.1, 0.15) is 0 Å². The molecule has 158 valence electrons. The maximum absolute atomic E-state index is 4.40. The van der Waals surface area contributed by atoms with E-state index in [1.165, 1.54) is 16.8 Å². The summed E-state index contributed by atoms with van der Waals surface area (Å²) in [5, 5.41) is 11.3. The lowest BCUT2D eigenvalue weighted by atomic mass is 10.2. The molecule has 0 aliphatic carbocycles. The Morgan fingerprint density at radius 1 is 1.10 bits per heavy atom. The van der Waals surface area contributed by atoms with Gasteiger partial charge in [-0.2, -0.15) is 5.10 Å². The van der Waals surface area contributed by atoms with Gasteiger partial charge >= 0.3 is 0 Å². The zero-order valence-corrected chi connectivity index (χ0v) is 19.8. The van der Waals surface area contributed by atoms with Crippen molar-refractivity contribution in [2.75, 3.05) is 25.0 Å². The zero-order chi connectivity index (χ0) is 20.1. The molecule has 1 aromatic heterocycles. The molecule has 2 heterocycles. The third-order valence-corrected chi connectivity index (χ3v) is 5.32. The molecule has 30 heavy (non-hydrogen) atoms. The summed E-state index contributed by atoms with van der Waals surface area (Å²) in [6, 6.07) is 19.5. The number of aliphatic imine (C=N–C) groups is 1. The molecule has 1 aliphatic heterocycles. The number of guanidine groups is 1. The highest BCUT2D eigenvalue weighted by Crippen LogP contribution is 2.20. The van der Waals surface area contributed by atoms with Gasteiger partial charge in [0.05, 0.1) is 5.69 Å². The van der Waals surface area contributed by atoms with Crippen LogP contribution in [0.3, 0.4) is 0 Å². The highest BCUT2D eigenvalue weighted by molar-refractivity contribution is 14.0. The Labute approximate surface area is 195 Å². The van der Waals surface area contributed by atoms with E-state index in [-0.39, 0.29) is 24.0 Å². The smallest absolute Gasteiger partial charge is 0.191 e. The molecule has 0 saturated carbocycles. The average Bonchev–Trinajstić information content (AvgIpc) is 3.44. The highest BCUT2D eigenvalue weighted by atomic mass is 127. The second-order valence-electron chi connectivity index (χ2n) is 7.45.